The van der Waals surface area contributed by atoms with Crippen molar-refractivity contribution in [1.82, 2.24) is 19.8 Å². The average Bonchev–Trinajstić information content (AvgIpc) is 3.39. The van der Waals surface area contributed by atoms with Gasteiger partial charge in [-0.25, -0.2) is 4.79 Å². The molecule has 2 atom stereocenters. The van der Waals surface area contributed by atoms with Crippen LogP contribution in [0.4, 0.5) is 16.3 Å². The molecule has 10 nitrogen and oxygen atoms in total. The summed E-state index contributed by atoms with van der Waals surface area (Å²) in [6.07, 6.45) is 2.17. The molecule has 4 heterocycles. The van der Waals surface area contributed by atoms with Crippen LogP contribution in [-0.2, 0) is 13.0 Å². The number of carboxylic acid groups (broad SMARTS) is 1. The molecule has 1 amide bonds. The first-order valence-corrected chi connectivity index (χ1v) is 14.5. The summed E-state index contributed by atoms with van der Waals surface area (Å²) >= 11 is 0. The van der Waals surface area contributed by atoms with E-state index >= 15 is 0 Å². The molecule has 0 saturated carbocycles. The Hall–Kier alpha value is -4.10. The Morgan fingerprint density at radius 1 is 1.12 bits per heavy atom. The topological polar surface area (TPSA) is 109 Å². The van der Waals surface area contributed by atoms with Crippen LogP contribution < -0.4 is 14.5 Å². The van der Waals surface area contributed by atoms with E-state index in [9.17, 15) is 15.2 Å². The van der Waals surface area contributed by atoms with E-state index in [1.54, 1.807) is 0 Å². The fourth-order valence-electron chi connectivity index (χ4n) is 6.51. The third-order valence-electron chi connectivity index (χ3n) is 8.81. The molecule has 214 valence electrons. The second-order valence-electron chi connectivity index (χ2n) is 11.5. The summed E-state index contributed by atoms with van der Waals surface area (Å²) in [6, 6.07) is 15.5. The van der Waals surface area contributed by atoms with Crippen LogP contribution in [-0.4, -0.2) is 89.4 Å². The van der Waals surface area contributed by atoms with Gasteiger partial charge in [0, 0.05) is 48.9 Å². The van der Waals surface area contributed by atoms with Crippen molar-refractivity contribution in [3.8, 4) is 12.1 Å². The Kier molecular flexibility index (Phi) is 7.54. The number of nitrogens with zero attached hydrogens (tertiary/aromatic N) is 7. The van der Waals surface area contributed by atoms with E-state index in [-0.39, 0.29) is 6.42 Å². The van der Waals surface area contributed by atoms with Crippen LogP contribution in [0.1, 0.15) is 36.1 Å². The number of anilines is 2. The van der Waals surface area contributed by atoms with Gasteiger partial charge in [0.25, 0.3) is 0 Å². The molecule has 6 rings (SSSR count). The molecule has 3 aromatic rings. The molecule has 3 aliphatic rings. The SMILES string of the molecule is Cc1ccc2cccc(N3CCc4c(nc(OC[C@@H]5CCCN5C)nc4N4CCN(C(=O)O)[C@@H](CC#N)C4)C3)c2c1. The fourth-order valence-corrected chi connectivity index (χ4v) is 6.51. The standard InChI is InChI=1S/C31H37N7O3/c1-21-8-9-22-5-3-7-28(26(22)17-21)36-14-11-25-27(19-36)33-30(41-20-24-6-4-13-35(24)2)34-29(25)37-15-16-38(31(39)40)23(18-37)10-12-32/h3,5,7-9,17,23-24H,4,6,10-11,13-16,18-20H2,1-2H3,(H,39,40)/t23-,24-/m0/s1. The normalized spacial score (nSPS) is 21.1. The molecule has 0 bridgehead atoms. The second-order valence-corrected chi connectivity index (χ2v) is 11.5. The van der Waals surface area contributed by atoms with E-state index in [0.29, 0.717) is 44.8 Å². The summed E-state index contributed by atoms with van der Waals surface area (Å²) in [5, 5.41) is 21.5. The summed E-state index contributed by atoms with van der Waals surface area (Å²) in [6.45, 7) is 6.42. The number of benzene rings is 2. The van der Waals surface area contributed by atoms with Crippen LogP contribution in [0.25, 0.3) is 10.8 Å². The number of nitriles is 1. The molecule has 0 aliphatic carbocycles. The van der Waals surface area contributed by atoms with Gasteiger partial charge < -0.3 is 29.4 Å². The molecule has 0 spiro atoms. The Labute approximate surface area is 240 Å². The van der Waals surface area contributed by atoms with Crippen molar-refractivity contribution < 1.29 is 14.6 Å². The number of piperazine rings is 1. The van der Waals surface area contributed by atoms with Gasteiger partial charge in [0.1, 0.15) is 12.4 Å². The van der Waals surface area contributed by atoms with Gasteiger partial charge >= 0.3 is 12.1 Å². The van der Waals surface area contributed by atoms with Gasteiger partial charge in [-0.2, -0.15) is 15.2 Å². The lowest BCUT2D eigenvalue weighted by Gasteiger charge is -2.41. The van der Waals surface area contributed by atoms with Crippen LogP contribution in [0, 0.1) is 18.3 Å². The van der Waals surface area contributed by atoms with Crippen molar-refractivity contribution in [2.75, 3.05) is 56.2 Å². The Balaban J connectivity index is 1.34. The highest BCUT2D eigenvalue weighted by molar-refractivity contribution is 5.95. The highest BCUT2D eigenvalue weighted by atomic mass is 16.5. The molecule has 1 aromatic heterocycles. The number of rotatable bonds is 6. The van der Waals surface area contributed by atoms with Gasteiger partial charge in [0.15, 0.2) is 0 Å². The zero-order valence-electron chi connectivity index (χ0n) is 23.8. The third-order valence-corrected chi connectivity index (χ3v) is 8.81. The van der Waals surface area contributed by atoms with Crippen LogP contribution in [0.2, 0.25) is 0 Å². The second kappa shape index (κ2) is 11.4. The zero-order chi connectivity index (χ0) is 28.5. The molecule has 1 N–H and O–H groups in total. The number of likely N-dealkylation sites (tertiary alicyclic amines) is 1. The lowest BCUT2D eigenvalue weighted by Crippen LogP contribution is -2.55. The minimum atomic E-state index is -0.986. The minimum absolute atomic E-state index is 0.141. The number of hydrogen-bond donors (Lipinski definition) is 1. The lowest BCUT2D eigenvalue weighted by atomic mass is 10.0. The monoisotopic (exact) mass is 555 g/mol. The molecule has 0 radical (unpaired) electrons. The van der Waals surface area contributed by atoms with Gasteiger partial charge in [-0.3, -0.25) is 0 Å². The molecule has 0 unspecified atom stereocenters. The van der Waals surface area contributed by atoms with Crippen LogP contribution in [0.5, 0.6) is 6.01 Å². The summed E-state index contributed by atoms with van der Waals surface area (Å²) < 4.78 is 6.25. The Morgan fingerprint density at radius 2 is 2.00 bits per heavy atom. The van der Waals surface area contributed by atoms with Gasteiger partial charge in [-0.15, -0.1) is 0 Å². The molecule has 41 heavy (non-hydrogen) atoms. The summed E-state index contributed by atoms with van der Waals surface area (Å²) in [5.74, 6) is 0.811. The molecule has 2 fully saturated rings. The number of carbonyl (C=O) groups is 1. The molecule has 2 aromatic carbocycles. The van der Waals surface area contributed by atoms with Gasteiger partial charge in [-0.1, -0.05) is 29.8 Å². The predicted octanol–water partition coefficient (Wildman–Crippen LogP) is 4.06. The van der Waals surface area contributed by atoms with Crippen LogP contribution in [0.15, 0.2) is 36.4 Å². The summed E-state index contributed by atoms with van der Waals surface area (Å²) in [7, 11) is 2.13. The largest absolute Gasteiger partial charge is 0.465 e. The first-order valence-electron chi connectivity index (χ1n) is 14.5. The number of likely N-dealkylation sites (N-methyl/N-ethyl adjacent to an activating group) is 1. The fraction of sp³-hybridized carbons (Fsp3) is 0.484. The Bertz CT molecular complexity index is 1490. The van der Waals surface area contributed by atoms with Gasteiger partial charge in [-0.05, 0) is 57.3 Å². The summed E-state index contributed by atoms with van der Waals surface area (Å²) in [5.41, 5.74) is 4.45. The van der Waals surface area contributed by atoms with E-state index in [1.807, 2.05) is 0 Å². The molecule has 2 saturated heterocycles. The van der Waals surface area contributed by atoms with Crippen molar-refractivity contribution >= 4 is 28.4 Å². The van der Waals surface area contributed by atoms with Crippen molar-refractivity contribution in [2.24, 2.45) is 0 Å². The quantitative estimate of drug-likeness (QED) is 0.482. The van der Waals surface area contributed by atoms with Crippen LogP contribution in [0.3, 0.4) is 0 Å². The average molecular weight is 556 g/mol. The van der Waals surface area contributed by atoms with Crippen molar-refractivity contribution in [3.05, 3.63) is 53.2 Å². The molecule has 3 aliphatic heterocycles. The molecular weight excluding hydrogens is 518 g/mol. The van der Waals surface area contributed by atoms with E-state index in [2.05, 4.69) is 71.1 Å². The third kappa shape index (κ3) is 5.46. The lowest BCUT2D eigenvalue weighted by molar-refractivity contribution is 0.119. The first-order chi connectivity index (χ1) is 19.9. The first kappa shape index (κ1) is 27.1. The maximum Gasteiger partial charge on any atom is 0.407 e. The smallest absolute Gasteiger partial charge is 0.407 e. The molecule has 10 heteroatoms. The van der Waals surface area contributed by atoms with Gasteiger partial charge in [0.2, 0.25) is 0 Å². The van der Waals surface area contributed by atoms with Crippen molar-refractivity contribution in [1.29, 1.82) is 5.26 Å². The predicted molar refractivity (Wildman–Crippen MR) is 158 cm³/mol. The zero-order valence-corrected chi connectivity index (χ0v) is 23.8. The van der Waals surface area contributed by atoms with E-state index in [0.717, 1.165) is 49.4 Å². The van der Waals surface area contributed by atoms with E-state index < -0.39 is 12.1 Å². The number of fused-ring (bicyclic) bond motifs is 2. The van der Waals surface area contributed by atoms with E-state index in [1.165, 1.54) is 26.9 Å². The molecular formula is C31H37N7O3. The highest BCUT2D eigenvalue weighted by Crippen LogP contribution is 2.35. The Morgan fingerprint density at radius 3 is 2.78 bits per heavy atom. The highest BCUT2D eigenvalue weighted by Gasteiger charge is 2.34. The number of ether oxygens (including phenoxy) is 1. The maximum atomic E-state index is 11.8. The van der Waals surface area contributed by atoms with Crippen LogP contribution >= 0.6 is 0 Å². The number of hydrogen-bond acceptors (Lipinski definition) is 8. The number of amides is 1. The van der Waals surface area contributed by atoms with E-state index in [4.69, 9.17) is 14.7 Å². The number of aryl methyl sites for hydroxylation is 1. The van der Waals surface area contributed by atoms with Crippen molar-refractivity contribution in [2.45, 2.75) is 51.2 Å². The van der Waals surface area contributed by atoms with Gasteiger partial charge in [0.05, 0.1) is 30.8 Å². The van der Waals surface area contributed by atoms with Crippen molar-refractivity contribution in [3.63, 3.8) is 0 Å². The number of aromatic nitrogens is 2. The maximum absolute atomic E-state index is 11.8. The minimum Gasteiger partial charge on any atom is -0.465 e. The summed E-state index contributed by atoms with van der Waals surface area (Å²) in [4.78, 5) is 29.9.